The summed E-state index contributed by atoms with van der Waals surface area (Å²) < 4.78 is 0. The van der Waals surface area contributed by atoms with Gasteiger partial charge in [0.05, 0.1) is 9.95 Å². The number of halogens is 1. The number of nitro groups is 1. The van der Waals surface area contributed by atoms with Gasteiger partial charge in [0.15, 0.2) is 0 Å². The number of rotatable bonds is 5. The molecule has 5 nitrogen and oxygen atoms in total. The van der Waals surface area contributed by atoms with Crippen molar-refractivity contribution in [3.05, 3.63) is 33.3 Å². The van der Waals surface area contributed by atoms with Crippen molar-refractivity contribution < 1.29 is 4.92 Å². The molecule has 1 aliphatic heterocycles. The summed E-state index contributed by atoms with van der Waals surface area (Å²) in [5, 5.41) is 15.2. The van der Waals surface area contributed by atoms with E-state index in [9.17, 15) is 10.1 Å². The van der Waals surface area contributed by atoms with Crippen LogP contribution in [-0.2, 0) is 0 Å². The summed E-state index contributed by atoms with van der Waals surface area (Å²) in [4.78, 5) is 13.2. The number of para-hydroxylation sites is 1. The smallest absolute Gasteiger partial charge is 0.294 e. The van der Waals surface area contributed by atoms with Gasteiger partial charge in [-0.3, -0.25) is 10.1 Å². The molecule has 0 bridgehead atoms. The first-order valence-electron chi connectivity index (χ1n) is 7.57. The molecule has 1 unspecified atom stereocenters. The predicted molar refractivity (Wildman–Crippen MR) is 84.1 cm³/mol. The lowest BCUT2D eigenvalue weighted by molar-refractivity contribution is -0.384. The minimum atomic E-state index is -0.324. The number of nitro benzene ring substituents is 1. The van der Waals surface area contributed by atoms with Crippen LogP contribution in [0.25, 0.3) is 0 Å². The van der Waals surface area contributed by atoms with Crippen LogP contribution in [0.3, 0.4) is 0 Å². The fraction of sp³-hybridized carbons (Fsp3) is 0.600. The first-order valence-corrected chi connectivity index (χ1v) is 7.95. The number of nitrogens with one attached hydrogen (secondary N) is 1. The molecule has 6 heteroatoms. The lowest BCUT2D eigenvalue weighted by atomic mass is 9.98. The van der Waals surface area contributed by atoms with Crippen LogP contribution in [0.1, 0.15) is 25.7 Å². The van der Waals surface area contributed by atoms with Gasteiger partial charge in [-0.1, -0.05) is 17.7 Å². The third-order valence-electron chi connectivity index (χ3n) is 4.29. The second-order valence-corrected chi connectivity index (χ2v) is 6.37. The van der Waals surface area contributed by atoms with E-state index in [2.05, 4.69) is 10.2 Å². The third kappa shape index (κ3) is 3.30. The molecule has 21 heavy (non-hydrogen) atoms. The molecular weight excluding hydrogens is 290 g/mol. The van der Waals surface area contributed by atoms with Crippen molar-refractivity contribution in [3.63, 3.8) is 0 Å². The van der Waals surface area contributed by atoms with Crippen molar-refractivity contribution >= 4 is 23.0 Å². The molecule has 0 aromatic heterocycles. The van der Waals surface area contributed by atoms with E-state index in [1.807, 2.05) is 0 Å². The summed E-state index contributed by atoms with van der Waals surface area (Å²) in [5.74, 6) is 0.537. The second-order valence-electron chi connectivity index (χ2n) is 5.96. The molecule has 0 amide bonds. The summed E-state index contributed by atoms with van der Waals surface area (Å²) in [6.07, 6.45) is 4.55. The minimum Gasteiger partial charge on any atom is -0.361 e. The van der Waals surface area contributed by atoms with E-state index in [1.165, 1.54) is 12.8 Å². The quantitative estimate of drug-likeness (QED) is 0.670. The average molecular weight is 310 g/mol. The Morgan fingerprint density at radius 2 is 2.19 bits per heavy atom. The maximum Gasteiger partial charge on any atom is 0.294 e. The Hall–Kier alpha value is -1.33. The molecular formula is C15H20ClN3O2. The van der Waals surface area contributed by atoms with Crippen molar-refractivity contribution in [1.82, 2.24) is 5.32 Å². The highest BCUT2D eigenvalue weighted by Crippen LogP contribution is 2.42. The molecule has 2 aliphatic rings. The standard InChI is InChI=1S/C15H20ClN3O2/c16-13-4-1-5-14(19(20)21)15(13)18(12-6-7-12)10-11-3-2-8-17-9-11/h1,4-5,11-12,17H,2-3,6-10H2. The Balaban J connectivity index is 1.88. The molecule has 1 aromatic carbocycles. The van der Waals surface area contributed by atoms with E-state index in [4.69, 9.17) is 11.6 Å². The van der Waals surface area contributed by atoms with Gasteiger partial charge in [-0.05, 0) is 50.8 Å². The molecule has 1 saturated heterocycles. The monoisotopic (exact) mass is 309 g/mol. The highest BCUT2D eigenvalue weighted by Gasteiger charge is 2.35. The van der Waals surface area contributed by atoms with E-state index >= 15 is 0 Å². The lowest BCUT2D eigenvalue weighted by Gasteiger charge is -2.32. The molecule has 1 N–H and O–H groups in total. The van der Waals surface area contributed by atoms with Gasteiger partial charge in [0.2, 0.25) is 0 Å². The summed E-state index contributed by atoms with van der Waals surface area (Å²) in [7, 11) is 0. The third-order valence-corrected chi connectivity index (χ3v) is 4.60. The van der Waals surface area contributed by atoms with Gasteiger partial charge in [0.25, 0.3) is 5.69 Å². The molecule has 1 aromatic rings. The minimum absolute atomic E-state index is 0.123. The van der Waals surface area contributed by atoms with Gasteiger partial charge in [-0.15, -0.1) is 0 Å². The van der Waals surface area contributed by atoms with Gasteiger partial charge >= 0.3 is 0 Å². The zero-order chi connectivity index (χ0) is 14.8. The molecule has 1 heterocycles. The zero-order valence-corrected chi connectivity index (χ0v) is 12.7. The number of hydrogen-bond acceptors (Lipinski definition) is 4. The van der Waals surface area contributed by atoms with Gasteiger partial charge in [0.1, 0.15) is 5.69 Å². The van der Waals surface area contributed by atoms with Crippen LogP contribution in [0.4, 0.5) is 11.4 Å². The Morgan fingerprint density at radius 3 is 2.81 bits per heavy atom. The first kappa shape index (κ1) is 14.6. The fourth-order valence-corrected chi connectivity index (χ4v) is 3.38. The van der Waals surface area contributed by atoms with E-state index in [0.717, 1.165) is 32.5 Å². The van der Waals surface area contributed by atoms with Crippen molar-refractivity contribution in [2.24, 2.45) is 5.92 Å². The summed E-state index contributed by atoms with van der Waals surface area (Å²) in [5.41, 5.74) is 0.732. The van der Waals surface area contributed by atoms with Gasteiger partial charge in [-0.2, -0.15) is 0 Å². The molecule has 1 atom stereocenters. The topological polar surface area (TPSA) is 58.4 Å². The zero-order valence-electron chi connectivity index (χ0n) is 11.9. The SMILES string of the molecule is O=[N+]([O-])c1cccc(Cl)c1N(CC1CCCNC1)C1CC1. The van der Waals surface area contributed by atoms with Crippen LogP contribution in [0, 0.1) is 16.0 Å². The Bertz CT molecular complexity index is 528. The molecule has 1 aliphatic carbocycles. The first-order chi connectivity index (χ1) is 10.2. The lowest BCUT2D eigenvalue weighted by Crippen LogP contribution is -2.39. The van der Waals surface area contributed by atoms with Crippen LogP contribution >= 0.6 is 11.6 Å². The Kier molecular flexibility index (Phi) is 4.31. The van der Waals surface area contributed by atoms with Crippen LogP contribution in [-0.4, -0.2) is 30.6 Å². The molecule has 2 fully saturated rings. The fourth-order valence-electron chi connectivity index (χ4n) is 3.10. The van der Waals surface area contributed by atoms with Gasteiger partial charge in [-0.25, -0.2) is 0 Å². The predicted octanol–water partition coefficient (Wildman–Crippen LogP) is 3.22. The number of hydrogen-bond donors (Lipinski definition) is 1. The Labute approximate surface area is 129 Å². The molecule has 0 spiro atoms. The van der Waals surface area contributed by atoms with Crippen molar-refractivity contribution in [3.8, 4) is 0 Å². The van der Waals surface area contributed by atoms with Crippen LogP contribution in [0.2, 0.25) is 5.02 Å². The van der Waals surface area contributed by atoms with Gasteiger partial charge in [0, 0.05) is 18.7 Å². The van der Waals surface area contributed by atoms with Crippen molar-refractivity contribution in [1.29, 1.82) is 0 Å². The molecule has 3 rings (SSSR count). The molecule has 1 saturated carbocycles. The number of piperidine rings is 1. The highest BCUT2D eigenvalue weighted by molar-refractivity contribution is 6.33. The van der Waals surface area contributed by atoms with E-state index < -0.39 is 0 Å². The van der Waals surface area contributed by atoms with E-state index in [0.29, 0.717) is 22.7 Å². The summed E-state index contributed by atoms with van der Waals surface area (Å²) >= 11 is 6.30. The summed E-state index contributed by atoms with van der Waals surface area (Å²) in [6.45, 7) is 2.91. The molecule has 0 radical (unpaired) electrons. The number of benzene rings is 1. The number of nitrogens with zero attached hydrogens (tertiary/aromatic N) is 2. The van der Waals surface area contributed by atoms with Crippen molar-refractivity contribution in [2.75, 3.05) is 24.5 Å². The largest absolute Gasteiger partial charge is 0.361 e. The average Bonchev–Trinajstić information content (AvgIpc) is 3.30. The normalized spacial score (nSPS) is 22.0. The van der Waals surface area contributed by atoms with Gasteiger partial charge < -0.3 is 10.2 Å². The number of anilines is 1. The van der Waals surface area contributed by atoms with Crippen LogP contribution < -0.4 is 10.2 Å². The maximum atomic E-state index is 11.3. The van der Waals surface area contributed by atoms with Crippen molar-refractivity contribution in [2.45, 2.75) is 31.7 Å². The summed E-state index contributed by atoms with van der Waals surface area (Å²) in [6, 6.07) is 5.36. The van der Waals surface area contributed by atoms with E-state index in [-0.39, 0.29) is 10.6 Å². The molecule has 114 valence electrons. The second kappa shape index (κ2) is 6.20. The maximum absolute atomic E-state index is 11.3. The highest BCUT2D eigenvalue weighted by atomic mass is 35.5. The van der Waals surface area contributed by atoms with Crippen LogP contribution in [0.15, 0.2) is 18.2 Å². The van der Waals surface area contributed by atoms with Crippen LogP contribution in [0.5, 0.6) is 0 Å². The van der Waals surface area contributed by atoms with E-state index in [1.54, 1.807) is 18.2 Å². The Morgan fingerprint density at radius 1 is 1.38 bits per heavy atom.